The second-order valence-corrected chi connectivity index (χ2v) is 6.51. The first kappa shape index (κ1) is 13.4. The van der Waals surface area contributed by atoms with Crippen molar-refractivity contribution in [2.45, 2.75) is 71.4 Å². The number of nitrogens with zero attached hydrogens (tertiary/aromatic N) is 1. The molecule has 1 heterocycles. The largest absolute Gasteiger partial charge is 0.311 e. The highest BCUT2D eigenvalue weighted by atomic mass is 15.1. The standard InChI is InChI=1S/C15H30N2/c1-4-5-10-17-11-6-14(7-12-17)16-13(2)15(3)8-9-15/h13-14,16H,4-12H2,1-3H3. The van der Waals surface area contributed by atoms with Crippen LogP contribution in [0, 0.1) is 5.41 Å². The first-order valence-corrected chi connectivity index (χ1v) is 7.62. The van der Waals surface area contributed by atoms with Gasteiger partial charge in [0.05, 0.1) is 0 Å². The van der Waals surface area contributed by atoms with Crippen molar-refractivity contribution in [3.63, 3.8) is 0 Å². The topological polar surface area (TPSA) is 15.3 Å². The average Bonchev–Trinajstić information content (AvgIpc) is 3.08. The number of rotatable bonds is 6. The highest BCUT2D eigenvalue weighted by Gasteiger charge is 2.43. The molecule has 0 amide bonds. The van der Waals surface area contributed by atoms with Gasteiger partial charge in [0.2, 0.25) is 0 Å². The molecular weight excluding hydrogens is 208 g/mol. The molecule has 2 rings (SSSR count). The minimum Gasteiger partial charge on any atom is -0.311 e. The third-order valence-corrected chi connectivity index (χ3v) is 4.99. The number of likely N-dealkylation sites (tertiary alicyclic amines) is 1. The minimum absolute atomic E-state index is 0.624. The van der Waals surface area contributed by atoms with Crippen LogP contribution in [-0.2, 0) is 0 Å². The van der Waals surface area contributed by atoms with Crippen LogP contribution >= 0.6 is 0 Å². The van der Waals surface area contributed by atoms with Crippen molar-refractivity contribution in [1.29, 1.82) is 0 Å². The summed E-state index contributed by atoms with van der Waals surface area (Å²) in [5.74, 6) is 0. The Balaban J connectivity index is 1.65. The third-order valence-electron chi connectivity index (χ3n) is 4.99. The third kappa shape index (κ3) is 3.69. The summed E-state index contributed by atoms with van der Waals surface area (Å²) in [6, 6.07) is 1.50. The average molecular weight is 238 g/mol. The zero-order chi connectivity index (χ0) is 12.3. The molecule has 0 spiro atoms. The van der Waals surface area contributed by atoms with Crippen molar-refractivity contribution in [1.82, 2.24) is 10.2 Å². The molecular formula is C15H30N2. The molecule has 17 heavy (non-hydrogen) atoms. The summed E-state index contributed by atoms with van der Waals surface area (Å²) in [5.41, 5.74) is 0.624. The summed E-state index contributed by atoms with van der Waals surface area (Å²) >= 11 is 0. The van der Waals surface area contributed by atoms with Crippen molar-refractivity contribution in [2.75, 3.05) is 19.6 Å². The van der Waals surface area contributed by atoms with Crippen molar-refractivity contribution in [3.05, 3.63) is 0 Å². The predicted molar refractivity (Wildman–Crippen MR) is 74.3 cm³/mol. The molecule has 1 unspecified atom stereocenters. The summed E-state index contributed by atoms with van der Waals surface area (Å²) in [4.78, 5) is 2.64. The Labute approximate surface area is 107 Å². The quantitative estimate of drug-likeness (QED) is 0.765. The summed E-state index contributed by atoms with van der Waals surface area (Å²) in [6.07, 6.45) is 8.25. The van der Waals surface area contributed by atoms with Crippen molar-refractivity contribution < 1.29 is 0 Å². The van der Waals surface area contributed by atoms with Crippen LogP contribution in [0.5, 0.6) is 0 Å². The molecule has 1 N–H and O–H groups in total. The molecule has 0 aromatic heterocycles. The van der Waals surface area contributed by atoms with Crippen molar-refractivity contribution in [3.8, 4) is 0 Å². The first-order valence-electron chi connectivity index (χ1n) is 7.62. The maximum atomic E-state index is 3.87. The van der Waals surface area contributed by atoms with Gasteiger partial charge in [-0.15, -0.1) is 0 Å². The molecule has 2 aliphatic rings. The van der Waals surface area contributed by atoms with E-state index in [2.05, 4.69) is 31.0 Å². The van der Waals surface area contributed by atoms with E-state index in [0.29, 0.717) is 5.41 Å². The van der Waals surface area contributed by atoms with Gasteiger partial charge < -0.3 is 10.2 Å². The van der Waals surface area contributed by atoms with E-state index >= 15 is 0 Å². The van der Waals surface area contributed by atoms with Gasteiger partial charge in [0, 0.05) is 12.1 Å². The number of hydrogen-bond acceptors (Lipinski definition) is 2. The molecule has 100 valence electrons. The van der Waals surface area contributed by atoms with Gasteiger partial charge in [-0.1, -0.05) is 20.3 Å². The smallest absolute Gasteiger partial charge is 0.00951 e. The zero-order valence-electron chi connectivity index (χ0n) is 12.0. The number of piperidine rings is 1. The lowest BCUT2D eigenvalue weighted by atomic mass is 9.97. The van der Waals surface area contributed by atoms with Crippen LogP contribution in [0.1, 0.15) is 59.3 Å². The SMILES string of the molecule is CCCCN1CCC(NC(C)C2(C)CC2)CC1. The monoisotopic (exact) mass is 238 g/mol. The second-order valence-electron chi connectivity index (χ2n) is 6.51. The number of nitrogens with one attached hydrogen (secondary N) is 1. The van der Waals surface area contributed by atoms with Gasteiger partial charge in [-0.25, -0.2) is 0 Å². The van der Waals surface area contributed by atoms with Gasteiger partial charge in [0.25, 0.3) is 0 Å². The Morgan fingerprint density at radius 1 is 1.29 bits per heavy atom. The van der Waals surface area contributed by atoms with Crippen LogP contribution in [0.4, 0.5) is 0 Å². The van der Waals surface area contributed by atoms with Gasteiger partial charge in [-0.2, -0.15) is 0 Å². The van der Waals surface area contributed by atoms with E-state index in [0.717, 1.165) is 12.1 Å². The van der Waals surface area contributed by atoms with Crippen molar-refractivity contribution in [2.24, 2.45) is 5.41 Å². The maximum Gasteiger partial charge on any atom is 0.00951 e. The van der Waals surface area contributed by atoms with Gasteiger partial charge in [-0.3, -0.25) is 0 Å². The molecule has 1 saturated carbocycles. The molecule has 2 fully saturated rings. The summed E-state index contributed by atoms with van der Waals surface area (Å²) in [6.45, 7) is 11.0. The van der Waals surface area contributed by atoms with Gasteiger partial charge in [0.15, 0.2) is 0 Å². The lowest BCUT2D eigenvalue weighted by Crippen LogP contribution is -2.47. The Morgan fingerprint density at radius 3 is 2.47 bits per heavy atom. The first-order chi connectivity index (χ1) is 8.14. The Morgan fingerprint density at radius 2 is 1.94 bits per heavy atom. The zero-order valence-corrected chi connectivity index (χ0v) is 12.0. The van der Waals surface area contributed by atoms with E-state index in [1.54, 1.807) is 0 Å². The summed E-state index contributed by atoms with van der Waals surface area (Å²) < 4.78 is 0. The summed E-state index contributed by atoms with van der Waals surface area (Å²) in [5, 5.41) is 3.87. The Hall–Kier alpha value is -0.0800. The predicted octanol–water partition coefficient (Wildman–Crippen LogP) is 3.03. The van der Waals surface area contributed by atoms with Crippen LogP contribution in [0.25, 0.3) is 0 Å². The van der Waals surface area contributed by atoms with Gasteiger partial charge in [-0.05, 0) is 64.1 Å². The van der Waals surface area contributed by atoms with Crippen molar-refractivity contribution >= 4 is 0 Å². The molecule has 1 aliphatic carbocycles. The lowest BCUT2D eigenvalue weighted by molar-refractivity contribution is 0.181. The molecule has 0 radical (unpaired) electrons. The highest BCUT2D eigenvalue weighted by Crippen LogP contribution is 2.48. The second kappa shape index (κ2) is 5.71. The fourth-order valence-electron chi connectivity index (χ4n) is 2.89. The fourth-order valence-corrected chi connectivity index (χ4v) is 2.89. The van der Waals surface area contributed by atoms with Crippen LogP contribution in [0.15, 0.2) is 0 Å². The van der Waals surface area contributed by atoms with Gasteiger partial charge >= 0.3 is 0 Å². The van der Waals surface area contributed by atoms with E-state index in [1.165, 1.54) is 58.2 Å². The molecule has 1 atom stereocenters. The minimum atomic E-state index is 0.624. The van der Waals surface area contributed by atoms with E-state index in [9.17, 15) is 0 Å². The van der Waals surface area contributed by atoms with Gasteiger partial charge in [0.1, 0.15) is 0 Å². The van der Waals surface area contributed by atoms with Crippen LogP contribution in [-0.4, -0.2) is 36.6 Å². The number of hydrogen-bond donors (Lipinski definition) is 1. The van der Waals surface area contributed by atoms with E-state index in [4.69, 9.17) is 0 Å². The fraction of sp³-hybridized carbons (Fsp3) is 1.00. The lowest BCUT2D eigenvalue weighted by Gasteiger charge is -2.35. The molecule has 0 bridgehead atoms. The molecule has 0 aromatic carbocycles. The molecule has 2 nitrogen and oxygen atoms in total. The Bertz CT molecular complexity index is 227. The van der Waals surface area contributed by atoms with Crippen LogP contribution in [0.3, 0.4) is 0 Å². The van der Waals surface area contributed by atoms with E-state index in [1.807, 2.05) is 0 Å². The highest BCUT2D eigenvalue weighted by molar-refractivity contribution is 4.98. The number of unbranched alkanes of at least 4 members (excludes halogenated alkanes) is 1. The summed E-state index contributed by atoms with van der Waals surface area (Å²) in [7, 11) is 0. The molecule has 1 saturated heterocycles. The van der Waals surface area contributed by atoms with Crippen LogP contribution < -0.4 is 5.32 Å². The maximum absolute atomic E-state index is 3.87. The normalized spacial score (nSPS) is 27.0. The Kier molecular flexibility index (Phi) is 4.48. The van der Waals surface area contributed by atoms with E-state index in [-0.39, 0.29) is 0 Å². The van der Waals surface area contributed by atoms with E-state index < -0.39 is 0 Å². The molecule has 1 aliphatic heterocycles. The van der Waals surface area contributed by atoms with Crippen LogP contribution in [0.2, 0.25) is 0 Å². The molecule has 2 heteroatoms. The molecule has 0 aromatic rings.